The molecule has 1 aliphatic rings. The number of pyridine rings is 1. The lowest BCUT2D eigenvalue weighted by atomic mass is 10.1. The van der Waals surface area contributed by atoms with Crippen molar-refractivity contribution >= 4 is 49.2 Å². The number of halogens is 1. The minimum Gasteiger partial charge on any atom is -0.253 e. The van der Waals surface area contributed by atoms with Crippen molar-refractivity contribution < 1.29 is 13.0 Å². The Kier molecular flexibility index (Phi) is 4.19. The molecule has 3 aromatic rings. The second-order valence-corrected chi connectivity index (χ2v) is 9.03. The maximum atomic E-state index is 13.3. The van der Waals surface area contributed by atoms with Crippen molar-refractivity contribution in [3.05, 3.63) is 66.4 Å². The molecule has 0 N–H and O–H groups in total. The second kappa shape index (κ2) is 6.25. The number of rotatable bonds is 3. The van der Waals surface area contributed by atoms with E-state index in [9.17, 15) is 8.42 Å². The van der Waals surface area contributed by atoms with Gasteiger partial charge in [0.05, 0.1) is 15.9 Å². The Bertz CT molecular complexity index is 1040. The van der Waals surface area contributed by atoms with Crippen molar-refractivity contribution in [2.24, 2.45) is 0 Å². The molecule has 2 heterocycles. The largest absolute Gasteiger partial charge is 0.264 e. The Morgan fingerprint density at radius 2 is 1.84 bits per heavy atom. The fourth-order valence-corrected chi connectivity index (χ4v) is 5.56. The Hall–Kier alpha value is -1.67. The van der Waals surface area contributed by atoms with Crippen LogP contribution in [0.4, 0.5) is 5.69 Å². The van der Waals surface area contributed by atoms with Gasteiger partial charge in [0.15, 0.2) is 12.2 Å². The predicted octanol–water partition coefficient (Wildman–Crippen LogP) is 3.62. The molecule has 1 aromatic heterocycles. The highest BCUT2D eigenvalue weighted by atomic mass is 127. The van der Waals surface area contributed by atoms with Crippen molar-refractivity contribution in [1.29, 1.82) is 0 Å². The zero-order valence-electron chi connectivity index (χ0n) is 13.8. The third kappa shape index (κ3) is 2.71. The monoisotopic (exact) mass is 465 g/mol. The number of benzene rings is 2. The van der Waals surface area contributed by atoms with E-state index in [2.05, 4.69) is 27.2 Å². The molecule has 0 bridgehead atoms. The molecule has 0 unspecified atom stereocenters. The molecule has 6 heteroatoms. The van der Waals surface area contributed by atoms with Crippen LogP contribution in [-0.2, 0) is 10.0 Å². The van der Waals surface area contributed by atoms with Gasteiger partial charge in [-0.15, -0.1) is 0 Å². The smallest absolute Gasteiger partial charge is 0.253 e. The Labute approximate surface area is 161 Å². The van der Waals surface area contributed by atoms with E-state index in [1.807, 2.05) is 55.6 Å². The van der Waals surface area contributed by atoms with Gasteiger partial charge >= 0.3 is 0 Å². The molecule has 0 fully saturated rings. The summed E-state index contributed by atoms with van der Waals surface area (Å²) in [6.45, 7) is 2.40. The number of hydrogen-bond acceptors (Lipinski definition) is 2. The van der Waals surface area contributed by atoms with E-state index in [-0.39, 0.29) is 6.04 Å². The molecular weight excluding hydrogens is 447 g/mol. The third-order valence-corrected chi connectivity index (χ3v) is 7.46. The summed E-state index contributed by atoms with van der Waals surface area (Å²) in [6.07, 6.45) is 2.05. The first-order valence-corrected chi connectivity index (χ1v) is 11.1. The van der Waals surface area contributed by atoms with Crippen LogP contribution in [0.5, 0.6) is 0 Å². The maximum Gasteiger partial charge on any atom is 0.264 e. The summed E-state index contributed by atoms with van der Waals surface area (Å²) in [5.41, 5.74) is 2.78. The summed E-state index contributed by atoms with van der Waals surface area (Å²) >= 11 is 2.33. The standard InChI is InChI=1S/C19H18IN2O2S/c1-14-7-9-17(10-8-14)25(23,24)22-13-16(12-20)21-11-3-5-15-4-2-6-18(22)19(15)21/h2-11,16H,12-13H2,1H3/q+1/t16-/m1/s1. The molecule has 128 valence electrons. The molecule has 2 aromatic carbocycles. The predicted molar refractivity (Wildman–Crippen MR) is 108 cm³/mol. The van der Waals surface area contributed by atoms with Crippen LogP contribution >= 0.6 is 22.6 Å². The van der Waals surface area contributed by atoms with E-state index in [4.69, 9.17) is 0 Å². The molecule has 0 aliphatic carbocycles. The van der Waals surface area contributed by atoms with E-state index in [0.29, 0.717) is 11.4 Å². The SMILES string of the molecule is Cc1ccc(S(=O)(=O)N2C[C@@H](CI)[n+]3cccc4cccc2c43)cc1. The van der Waals surface area contributed by atoms with Crippen molar-refractivity contribution in [1.82, 2.24) is 0 Å². The number of sulfonamides is 1. The number of alkyl halides is 1. The Morgan fingerprint density at radius 1 is 1.12 bits per heavy atom. The van der Waals surface area contributed by atoms with Gasteiger partial charge in [0.2, 0.25) is 5.52 Å². The van der Waals surface area contributed by atoms with Crippen molar-refractivity contribution in [2.45, 2.75) is 17.9 Å². The van der Waals surface area contributed by atoms with Crippen LogP contribution in [-0.4, -0.2) is 19.4 Å². The lowest BCUT2D eigenvalue weighted by molar-refractivity contribution is -0.691. The summed E-state index contributed by atoms with van der Waals surface area (Å²) in [7, 11) is -3.59. The number of nitrogens with zero attached hydrogens (tertiary/aromatic N) is 2. The van der Waals surface area contributed by atoms with Gasteiger partial charge in [0.1, 0.15) is 5.69 Å². The van der Waals surface area contributed by atoms with E-state index in [0.717, 1.165) is 26.6 Å². The number of anilines is 1. The topological polar surface area (TPSA) is 41.3 Å². The molecular formula is C19H18IN2O2S+. The Morgan fingerprint density at radius 3 is 2.56 bits per heavy atom. The van der Waals surface area contributed by atoms with Gasteiger partial charge in [-0.1, -0.05) is 46.4 Å². The average molecular weight is 465 g/mol. The normalized spacial score (nSPS) is 17.0. The molecule has 4 rings (SSSR count). The molecule has 0 radical (unpaired) electrons. The van der Waals surface area contributed by atoms with Gasteiger partial charge in [-0.25, -0.2) is 8.42 Å². The van der Waals surface area contributed by atoms with Crippen LogP contribution in [0.3, 0.4) is 0 Å². The van der Waals surface area contributed by atoms with Gasteiger partial charge in [-0.05, 0) is 37.3 Å². The molecule has 1 aliphatic heterocycles. The molecule has 0 amide bonds. The summed E-state index contributed by atoms with van der Waals surface area (Å²) in [6, 6.07) is 17.1. The lowest BCUT2D eigenvalue weighted by Gasteiger charge is -2.30. The van der Waals surface area contributed by atoms with Gasteiger partial charge < -0.3 is 0 Å². The van der Waals surface area contributed by atoms with Crippen molar-refractivity contribution in [2.75, 3.05) is 15.3 Å². The quantitative estimate of drug-likeness (QED) is 0.337. The number of aryl methyl sites for hydroxylation is 1. The molecule has 0 saturated heterocycles. The highest BCUT2D eigenvalue weighted by Crippen LogP contribution is 2.34. The van der Waals surface area contributed by atoms with Crippen LogP contribution < -0.4 is 8.87 Å². The fourth-order valence-electron chi connectivity index (χ4n) is 3.35. The van der Waals surface area contributed by atoms with Crippen LogP contribution in [0.1, 0.15) is 11.6 Å². The number of hydrogen-bond donors (Lipinski definition) is 0. The first-order chi connectivity index (χ1) is 12.0. The van der Waals surface area contributed by atoms with Crippen molar-refractivity contribution in [3.63, 3.8) is 0 Å². The van der Waals surface area contributed by atoms with E-state index in [1.54, 1.807) is 16.4 Å². The van der Waals surface area contributed by atoms with Crippen molar-refractivity contribution in [3.8, 4) is 0 Å². The van der Waals surface area contributed by atoms with Crippen LogP contribution in [0.25, 0.3) is 10.9 Å². The second-order valence-electron chi connectivity index (χ2n) is 6.29. The molecule has 0 spiro atoms. The van der Waals surface area contributed by atoms with Crippen LogP contribution in [0.2, 0.25) is 0 Å². The summed E-state index contributed by atoms with van der Waals surface area (Å²) in [4.78, 5) is 0.340. The highest BCUT2D eigenvalue weighted by molar-refractivity contribution is 14.1. The zero-order valence-corrected chi connectivity index (χ0v) is 16.7. The van der Waals surface area contributed by atoms with Gasteiger partial charge in [0.25, 0.3) is 10.0 Å². The first kappa shape index (κ1) is 16.8. The molecule has 1 atom stereocenters. The van der Waals surface area contributed by atoms with Gasteiger partial charge in [-0.2, -0.15) is 4.57 Å². The summed E-state index contributed by atoms with van der Waals surface area (Å²) in [5, 5.41) is 1.05. The van der Waals surface area contributed by atoms with E-state index >= 15 is 0 Å². The minimum absolute atomic E-state index is 0.111. The molecule has 4 nitrogen and oxygen atoms in total. The first-order valence-electron chi connectivity index (χ1n) is 8.10. The van der Waals surface area contributed by atoms with Crippen LogP contribution in [0.15, 0.2) is 65.7 Å². The summed E-state index contributed by atoms with van der Waals surface area (Å²) < 4.78 is 31.3. The van der Waals surface area contributed by atoms with Gasteiger partial charge in [-0.3, -0.25) is 4.31 Å². The zero-order chi connectivity index (χ0) is 17.6. The number of aromatic nitrogens is 1. The molecule has 0 saturated carbocycles. The summed E-state index contributed by atoms with van der Waals surface area (Å²) in [5.74, 6) is 0. The maximum absolute atomic E-state index is 13.3. The fraction of sp³-hybridized carbons (Fsp3) is 0.211. The number of para-hydroxylation sites is 1. The Balaban J connectivity index is 1.95. The van der Waals surface area contributed by atoms with Gasteiger partial charge in [0, 0.05) is 11.5 Å². The minimum atomic E-state index is -3.59. The average Bonchev–Trinajstić information content (AvgIpc) is 2.62. The van der Waals surface area contributed by atoms with E-state index < -0.39 is 10.0 Å². The van der Waals surface area contributed by atoms with Crippen LogP contribution in [0, 0.1) is 6.92 Å². The lowest BCUT2D eigenvalue weighted by Crippen LogP contribution is -2.53. The molecule has 25 heavy (non-hydrogen) atoms. The highest BCUT2D eigenvalue weighted by Gasteiger charge is 2.38. The van der Waals surface area contributed by atoms with E-state index in [1.165, 1.54) is 0 Å². The third-order valence-electron chi connectivity index (χ3n) is 4.65.